The Morgan fingerprint density at radius 1 is 0.583 bits per heavy atom. The van der Waals surface area contributed by atoms with Gasteiger partial charge < -0.3 is 5.11 Å². The van der Waals surface area contributed by atoms with Crippen LogP contribution in [0.25, 0.3) is 22.5 Å². The molecule has 0 spiro atoms. The van der Waals surface area contributed by atoms with Gasteiger partial charge in [0, 0.05) is 17.0 Å². The zero-order valence-corrected chi connectivity index (χ0v) is 22.2. The molecule has 0 amide bonds. The van der Waals surface area contributed by atoms with E-state index in [1.165, 1.54) is 22.3 Å². The average Bonchev–Trinajstić information content (AvgIpc) is 3.35. The summed E-state index contributed by atoms with van der Waals surface area (Å²) < 4.78 is 3.80. The fraction of sp³-hybridized carbons (Fsp3) is 0.226. The SMILES string of the molecule is Cc1cc(C)n(-c2cccc(C)c2O)n1.Cc1ccc(-c2c(C)cccc2-n2nc(C)cc2C)cc1. The van der Waals surface area contributed by atoms with Crippen LogP contribution >= 0.6 is 0 Å². The largest absolute Gasteiger partial charge is 0.505 e. The van der Waals surface area contributed by atoms with Crippen molar-refractivity contribution >= 4 is 0 Å². The molecule has 5 heteroatoms. The number of hydrogen-bond donors (Lipinski definition) is 1. The Hall–Kier alpha value is -4.12. The highest BCUT2D eigenvalue weighted by molar-refractivity contribution is 5.76. The molecule has 5 rings (SSSR count). The summed E-state index contributed by atoms with van der Waals surface area (Å²) in [6, 6.07) is 24.8. The van der Waals surface area contributed by atoms with E-state index in [0.29, 0.717) is 5.75 Å². The summed E-state index contributed by atoms with van der Waals surface area (Å²) in [6.07, 6.45) is 0. The van der Waals surface area contributed by atoms with Crippen molar-refractivity contribution in [2.75, 3.05) is 0 Å². The van der Waals surface area contributed by atoms with E-state index in [-0.39, 0.29) is 0 Å². The lowest BCUT2D eigenvalue weighted by Gasteiger charge is -2.14. The Morgan fingerprint density at radius 3 is 1.61 bits per heavy atom. The molecule has 0 aliphatic rings. The van der Waals surface area contributed by atoms with E-state index in [4.69, 9.17) is 0 Å². The Balaban J connectivity index is 0.000000179. The molecule has 0 atom stereocenters. The molecule has 0 saturated heterocycles. The van der Waals surface area contributed by atoms with Crippen LogP contribution in [0, 0.1) is 48.5 Å². The van der Waals surface area contributed by atoms with E-state index >= 15 is 0 Å². The van der Waals surface area contributed by atoms with Gasteiger partial charge in [-0.15, -0.1) is 0 Å². The van der Waals surface area contributed by atoms with Crippen LogP contribution in [0.15, 0.2) is 72.8 Å². The molecule has 5 aromatic rings. The summed E-state index contributed by atoms with van der Waals surface area (Å²) in [5.41, 5.74) is 12.0. The van der Waals surface area contributed by atoms with Gasteiger partial charge in [0.15, 0.2) is 0 Å². The maximum Gasteiger partial charge on any atom is 0.144 e. The second kappa shape index (κ2) is 10.2. The maximum atomic E-state index is 9.92. The van der Waals surface area contributed by atoms with Crippen molar-refractivity contribution in [1.29, 1.82) is 0 Å². The normalized spacial score (nSPS) is 10.8. The van der Waals surface area contributed by atoms with Gasteiger partial charge in [0.2, 0.25) is 0 Å². The van der Waals surface area contributed by atoms with Crippen LogP contribution in [0.3, 0.4) is 0 Å². The average molecular weight is 479 g/mol. The van der Waals surface area contributed by atoms with Gasteiger partial charge in [-0.05, 0) is 89.4 Å². The van der Waals surface area contributed by atoms with Crippen LogP contribution in [0.4, 0.5) is 0 Å². The lowest BCUT2D eigenvalue weighted by Crippen LogP contribution is -2.02. The third kappa shape index (κ3) is 5.10. The standard InChI is InChI=1S/C19H20N2.C12H14N2O/c1-13-8-10-17(11-9-13)19-14(2)6-5-7-18(19)21-16(4)12-15(3)20-21;1-8-5-4-6-11(12(8)15)14-10(3)7-9(2)13-14/h5-12H,1-4H3;4-7,15H,1-3H3. The second-order valence-corrected chi connectivity index (χ2v) is 9.46. The maximum absolute atomic E-state index is 9.92. The molecule has 0 bridgehead atoms. The topological polar surface area (TPSA) is 55.9 Å². The summed E-state index contributed by atoms with van der Waals surface area (Å²) in [6.45, 7) is 14.2. The van der Waals surface area contributed by atoms with Crippen molar-refractivity contribution in [1.82, 2.24) is 19.6 Å². The van der Waals surface area contributed by atoms with E-state index in [0.717, 1.165) is 39.7 Å². The smallest absolute Gasteiger partial charge is 0.144 e. The fourth-order valence-electron chi connectivity index (χ4n) is 4.48. The van der Waals surface area contributed by atoms with Gasteiger partial charge in [0.25, 0.3) is 0 Å². The number of phenolic OH excluding ortho intramolecular Hbond substituents is 1. The summed E-state index contributed by atoms with van der Waals surface area (Å²) in [4.78, 5) is 0. The van der Waals surface area contributed by atoms with Gasteiger partial charge in [-0.25, -0.2) is 9.36 Å². The third-order valence-electron chi connectivity index (χ3n) is 6.28. The zero-order valence-electron chi connectivity index (χ0n) is 22.2. The quantitative estimate of drug-likeness (QED) is 0.296. The first-order valence-electron chi connectivity index (χ1n) is 12.2. The lowest BCUT2D eigenvalue weighted by atomic mass is 9.97. The summed E-state index contributed by atoms with van der Waals surface area (Å²) in [5.74, 6) is 0.295. The number of nitrogens with zero attached hydrogens (tertiary/aromatic N) is 4. The van der Waals surface area contributed by atoms with E-state index in [2.05, 4.69) is 79.5 Å². The van der Waals surface area contributed by atoms with Crippen LogP contribution in [-0.2, 0) is 0 Å². The predicted octanol–water partition coefficient (Wildman–Crippen LogP) is 7.28. The van der Waals surface area contributed by atoms with Crippen molar-refractivity contribution < 1.29 is 5.11 Å². The molecular formula is C31H34N4O. The summed E-state index contributed by atoms with van der Waals surface area (Å²) in [5, 5.41) is 18.9. The Kier molecular flexibility index (Phi) is 7.11. The molecular weight excluding hydrogens is 444 g/mol. The van der Waals surface area contributed by atoms with E-state index in [9.17, 15) is 5.11 Å². The molecule has 184 valence electrons. The van der Waals surface area contributed by atoms with Crippen LogP contribution in [0.5, 0.6) is 5.75 Å². The molecule has 1 N–H and O–H groups in total. The number of phenols is 1. The van der Waals surface area contributed by atoms with Gasteiger partial charge in [0.05, 0.1) is 17.1 Å². The molecule has 0 saturated carbocycles. The number of hydrogen-bond acceptors (Lipinski definition) is 3. The first-order chi connectivity index (χ1) is 17.2. The molecule has 3 aromatic carbocycles. The number of para-hydroxylation sites is 1. The molecule has 2 heterocycles. The molecule has 2 aromatic heterocycles. The molecule has 0 aliphatic carbocycles. The first-order valence-corrected chi connectivity index (χ1v) is 12.2. The molecule has 0 fully saturated rings. The molecule has 5 nitrogen and oxygen atoms in total. The number of aromatic hydroxyl groups is 1. The van der Waals surface area contributed by atoms with E-state index in [1.54, 1.807) is 4.68 Å². The minimum absolute atomic E-state index is 0.295. The Morgan fingerprint density at radius 2 is 1.08 bits per heavy atom. The highest BCUT2D eigenvalue weighted by Gasteiger charge is 2.13. The zero-order chi connectivity index (χ0) is 26.0. The minimum atomic E-state index is 0.295. The monoisotopic (exact) mass is 478 g/mol. The van der Waals surface area contributed by atoms with Gasteiger partial charge in [0.1, 0.15) is 11.4 Å². The van der Waals surface area contributed by atoms with Crippen molar-refractivity contribution in [3.63, 3.8) is 0 Å². The molecule has 0 radical (unpaired) electrons. The van der Waals surface area contributed by atoms with Gasteiger partial charge >= 0.3 is 0 Å². The van der Waals surface area contributed by atoms with Gasteiger partial charge in [-0.1, -0.05) is 54.1 Å². The van der Waals surface area contributed by atoms with Crippen molar-refractivity contribution in [2.24, 2.45) is 0 Å². The highest BCUT2D eigenvalue weighted by atomic mass is 16.3. The van der Waals surface area contributed by atoms with Crippen molar-refractivity contribution in [3.05, 3.63) is 112 Å². The van der Waals surface area contributed by atoms with Crippen molar-refractivity contribution in [3.8, 4) is 28.3 Å². The molecule has 36 heavy (non-hydrogen) atoms. The number of aryl methyl sites for hydroxylation is 7. The van der Waals surface area contributed by atoms with Gasteiger partial charge in [-0.3, -0.25) is 0 Å². The first kappa shape index (κ1) is 25.0. The van der Waals surface area contributed by atoms with Crippen LogP contribution in [0.2, 0.25) is 0 Å². The third-order valence-corrected chi connectivity index (χ3v) is 6.28. The van der Waals surface area contributed by atoms with Crippen LogP contribution in [0.1, 0.15) is 39.5 Å². The van der Waals surface area contributed by atoms with Gasteiger partial charge in [-0.2, -0.15) is 10.2 Å². The minimum Gasteiger partial charge on any atom is -0.505 e. The summed E-state index contributed by atoms with van der Waals surface area (Å²) in [7, 11) is 0. The van der Waals surface area contributed by atoms with Crippen LogP contribution in [-0.4, -0.2) is 24.7 Å². The highest BCUT2D eigenvalue weighted by Crippen LogP contribution is 2.31. The number of benzene rings is 3. The predicted molar refractivity (Wildman–Crippen MR) is 147 cm³/mol. The van der Waals surface area contributed by atoms with Crippen LogP contribution < -0.4 is 0 Å². The number of rotatable bonds is 3. The molecule has 0 aliphatic heterocycles. The van der Waals surface area contributed by atoms with Crippen molar-refractivity contribution in [2.45, 2.75) is 48.5 Å². The lowest BCUT2D eigenvalue weighted by molar-refractivity contribution is 0.465. The number of aromatic nitrogens is 4. The Labute approximate surface area is 213 Å². The molecule has 0 unspecified atom stereocenters. The van der Waals surface area contributed by atoms with E-state index < -0.39 is 0 Å². The summed E-state index contributed by atoms with van der Waals surface area (Å²) >= 11 is 0. The Bertz CT molecular complexity index is 1510. The second-order valence-electron chi connectivity index (χ2n) is 9.46. The van der Waals surface area contributed by atoms with E-state index in [1.807, 2.05) is 56.6 Å². The fourth-order valence-corrected chi connectivity index (χ4v) is 4.48.